The van der Waals surface area contributed by atoms with Gasteiger partial charge in [0.25, 0.3) is 11.8 Å². The van der Waals surface area contributed by atoms with Crippen molar-refractivity contribution in [3.63, 3.8) is 0 Å². The highest BCUT2D eigenvalue weighted by molar-refractivity contribution is 6.07. The molecule has 13 heteroatoms. The van der Waals surface area contributed by atoms with E-state index < -0.39 is 23.5 Å². The van der Waals surface area contributed by atoms with Gasteiger partial charge in [0.2, 0.25) is 0 Å². The number of hydrogen-bond donors (Lipinski definition) is 2. The predicted octanol–water partition coefficient (Wildman–Crippen LogP) is 4.87. The van der Waals surface area contributed by atoms with Gasteiger partial charge in [0.05, 0.1) is 12.2 Å². The Morgan fingerprint density at radius 2 is 1.79 bits per heavy atom. The molecule has 1 aliphatic heterocycles. The van der Waals surface area contributed by atoms with E-state index in [2.05, 4.69) is 20.6 Å². The lowest BCUT2D eigenvalue weighted by atomic mass is 10.0. The molecule has 1 fully saturated rings. The van der Waals surface area contributed by atoms with Crippen molar-refractivity contribution in [2.45, 2.75) is 59.3 Å². The third-order valence-electron chi connectivity index (χ3n) is 7.96. The molecular weight excluding hydrogens is 619 g/mol. The Morgan fingerprint density at radius 1 is 1.04 bits per heavy atom. The topological polar surface area (TPSA) is 127 Å². The number of amides is 3. The molecule has 4 rings (SSSR count). The average Bonchev–Trinajstić information content (AvgIpc) is 3.41. The molecule has 1 aliphatic rings. The molecule has 2 atom stereocenters. The normalized spacial score (nSPS) is 15.9. The molecule has 0 unspecified atom stereocenters. The van der Waals surface area contributed by atoms with E-state index in [-0.39, 0.29) is 41.4 Å². The maximum atomic E-state index is 14.9. The van der Waals surface area contributed by atoms with Crippen molar-refractivity contribution in [3.05, 3.63) is 76.2 Å². The fraction of sp³-hybridized carbons (Fsp3) is 0.486. The first kappa shape index (κ1) is 36.3. The van der Waals surface area contributed by atoms with Gasteiger partial charge in [-0.1, -0.05) is 12.1 Å². The van der Waals surface area contributed by atoms with Gasteiger partial charge >= 0.3 is 6.09 Å². The summed E-state index contributed by atoms with van der Waals surface area (Å²) in [6.45, 7) is 13.3. The summed E-state index contributed by atoms with van der Waals surface area (Å²) in [5, 5.41) is 9.80. The van der Waals surface area contributed by atoms with E-state index in [1.807, 2.05) is 33.8 Å². The maximum Gasteiger partial charge on any atom is 0.410 e. The van der Waals surface area contributed by atoms with Crippen molar-refractivity contribution in [1.29, 1.82) is 0 Å². The molecule has 0 saturated carbocycles. The van der Waals surface area contributed by atoms with Crippen LogP contribution in [0, 0.1) is 19.7 Å². The van der Waals surface area contributed by atoms with Crippen molar-refractivity contribution in [3.8, 4) is 5.75 Å². The highest BCUT2D eigenvalue weighted by Crippen LogP contribution is 2.31. The number of methoxy groups -OCH3 is 1. The number of hydrogen-bond acceptors (Lipinski definition) is 8. The minimum atomic E-state index is -0.696. The summed E-state index contributed by atoms with van der Waals surface area (Å²) in [5.74, 6) is -0.654. The van der Waals surface area contributed by atoms with Crippen LogP contribution in [0.3, 0.4) is 0 Å². The number of ether oxygens (including phenoxy) is 3. The average molecular weight is 667 g/mol. The summed E-state index contributed by atoms with van der Waals surface area (Å²) in [6, 6.07) is 9.62. The van der Waals surface area contributed by atoms with Crippen LogP contribution >= 0.6 is 0 Å². The number of benzene rings is 2. The molecule has 1 aromatic heterocycles. The van der Waals surface area contributed by atoms with Crippen LogP contribution in [-0.2, 0) is 16.5 Å². The van der Waals surface area contributed by atoms with Crippen molar-refractivity contribution in [2.24, 2.45) is 7.05 Å². The van der Waals surface area contributed by atoms with E-state index >= 15 is 0 Å². The van der Waals surface area contributed by atoms with E-state index in [1.54, 1.807) is 54.9 Å². The third kappa shape index (κ3) is 9.54. The van der Waals surface area contributed by atoms with Crippen LogP contribution in [-0.4, -0.2) is 95.6 Å². The lowest BCUT2D eigenvalue weighted by Crippen LogP contribution is -2.55. The molecule has 48 heavy (non-hydrogen) atoms. The predicted molar refractivity (Wildman–Crippen MR) is 180 cm³/mol. The fourth-order valence-electron chi connectivity index (χ4n) is 5.43. The van der Waals surface area contributed by atoms with Crippen molar-refractivity contribution < 1.29 is 33.0 Å². The van der Waals surface area contributed by atoms with Crippen LogP contribution < -0.4 is 15.4 Å². The molecule has 3 amide bonds. The smallest absolute Gasteiger partial charge is 0.410 e. The van der Waals surface area contributed by atoms with Crippen LogP contribution in [0.5, 0.6) is 5.75 Å². The van der Waals surface area contributed by atoms with Crippen LogP contribution in [0.15, 0.2) is 42.6 Å². The van der Waals surface area contributed by atoms with Crippen molar-refractivity contribution in [2.75, 3.05) is 51.8 Å². The SMILES string of the molecule is COCCNC(=O)c1cc(C(=O)Nc2ccn(C)n2)c(C)cc1O[C@H](CN1CCN(C(=O)OC(C)(C)C)[C@H](C)C1)c1ccc(C)c(F)c1. The van der Waals surface area contributed by atoms with E-state index in [0.29, 0.717) is 55.3 Å². The number of carbonyl (C=O) groups excluding carboxylic acids is 3. The molecule has 0 radical (unpaired) electrons. The first-order valence-electron chi connectivity index (χ1n) is 16.0. The standard InChI is InChI=1S/C35H47FN6O6/c1-22-9-10-25(18-28(22)36)30(21-41-14-15-42(24(3)20-41)34(45)48-35(4,5)6)47-29-17-23(2)26(19-27(29)32(43)37-12-16-46-8)33(44)38-31-11-13-40(7)39-31/h9-11,13,17-19,24,30H,12,14-16,20-21H2,1-8H3,(H,37,43)(H,38,39,44)/t24-,30-/m1/s1. The monoisotopic (exact) mass is 666 g/mol. The molecular formula is C35H47FN6O6. The van der Waals surface area contributed by atoms with E-state index in [4.69, 9.17) is 14.2 Å². The van der Waals surface area contributed by atoms with E-state index in [1.165, 1.54) is 19.2 Å². The van der Waals surface area contributed by atoms with Gasteiger partial charge in [0.15, 0.2) is 5.82 Å². The Hall–Kier alpha value is -4.49. The lowest BCUT2D eigenvalue weighted by Gasteiger charge is -2.41. The fourth-order valence-corrected chi connectivity index (χ4v) is 5.43. The van der Waals surface area contributed by atoms with Crippen LogP contribution in [0.1, 0.15) is 71.2 Å². The molecule has 2 heterocycles. The maximum absolute atomic E-state index is 14.9. The van der Waals surface area contributed by atoms with Gasteiger partial charge in [-0.05, 0) is 76.4 Å². The Kier molecular flexibility index (Phi) is 11.8. The third-order valence-corrected chi connectivity index (χ3v) is 7.96. The van der Waals surface area contributed by atoms with Gasteiger partial charge < -0.3 is 29.7 Å². The summed E-state index contributed by atoms with van der Waals surface area (Å²) in [5.41, 5.74) is 1.46. The second-order valence-electron chi connectivity index (χ2n) is 13.1. The zero-order valence-corrected chi connectivity index (χ0v) is 29.1. The summed E-state index contributed by atoms with van der Waals surface area (Å²) < 4.78 is 33.8. The highest BCUT2D eigenvalue weighted by atomic mass is 19.1. The largest absolute Gasteiger partial charge is 0.484 e. The van der Waals surface area contributed by atoms with Gasteiger partial charge in [0, 0.05) is 70.7 Å². The van der Waals surface area contributed by atoms with Crippen molar-refractivity contribution in [1.82, 2.24) is 24.9 Å². The molecule has 3 aromatic rings. The molecule has 12 nitrogen and oxygen atoms in total. The first-order valence-corrected chi connectivity index (χ1v) is 16.0. The lowest BCUT2D eigenvalue weighted by molar-refractivity contribution is -0.00301. The Morgan fingerprint density at radius 3 is 2.42 bits per heavy atom. The number of nitrogens with one attached hydrogen (secondary N) is 2. The summed E-state index contributed by atoms with van der Waals surface area (Å²) in [6.07, 6.45) is 0.647. The molecule has 0 bridgehead atoms. The molecule has 260 valence electrons. The minimum Gasteiger partial charge on any atom is -0.484 e. The first-order chi connectivity index (χ1) is 22.6. The number of aromatic nitrogens is 2. The zero-order valence-electron chi connectivity index (χ0n) is 29.1. The Labute approximate surface area is 281 Å². The number of carbonyl (C=O) groups is 3. The van der Waals surface area contributed by atoms with Gasteiger partial charge in [-0.25, -0.2) is 9.18 Å². The second-order valence-corrected chi connectivity index (χ2v) is 13.1. The number of piperazine rings is 1. The minimum absolute atomic E-state index is 0.142. The second kappa shape index (κ2) is 15.6. The molecule has 2 aromatic carbocycles. The van der Waals surface area contributed by atoms with Crippen LogP contribution in [0.25, 0.3) is 0 Å². The zero-order chi connectivity index (χ0) is 35.2. The van der Waals surface area contributed by atoms with Crippen molar-refractivity contribution >= 4 is 23.7 Å². The summed E-state index contributed by atoms with van der Waals surface area (Å²) >= 11 is 0. The number of halogens is 1. The molecule has 2 N–H and O–H groups in total. The Balaban J connectivity index is 1.65. The molecule has 1 saturated heterocycles. The number of rotatable bonds is 11. The van der Waals surface area contributed by atoms with Crippen LogP contribution in [0.2, 0.25) is 0 Å². The number of anilines is 1. The molecule has 0 aliphatic carbocycles. The molecule has 0 spiro atoms. The summed E-state index contributed by atoms with van der Waals surface area (Å²) in [4.78, 5) is 43.5. The quantitative estimate of drug-likeness (QED) is 0.278. The van der Waals surface area contributed by atoms with E-state index in [0.717, 1.165) is 0 Å². The Bertz CT molecular complexity index is 1620. The van der Waals surface area contributed by atoms with Crippen LogP contribution in [0.4, 0.5) is 15.0 Å². The van der Waals surface area contributed by atoms with Gasteiger partial charge in [0.1, 0.15) is 23.3 Å². The van der Waals surface area contributed by atoms with Gasteiger partial charge in [-0.3, -0.25) is 19.2 Å². The number of aryl methyl sites for hydroxylation is 3. The van der Waals surface area contributed by atoms with E-state index in [9.17, 15) is 18.8 Å². The highest BCUT2D eigenvalue weighted by Gasteiger charge is 2.33. The van der Waals surface area contributed by atoms with Gasteiger partial charge in [-0.2, -0.15) is 5.10 Å². The summed E-state index contributed by atoms with van der Waals surface area (Å²) in [7, 11) is 3.28. The number of nitrogens with zero attached hydrogens (tertiary/aromatic N) is 4. The van der Waals surface area contributed by atoms with Gasteiger partial charge in [-0.15, -0.1) is 0 Å².